The van der Waals surface area contributed by atoms with Crippen LogP contribution in [0.1, 0.15) is 21.7 Å². The third-order valence-electron chi connectivity index (χ3n) is 4.43. The summed E-state index contributed by atoms with van der Waals surface area (Å²) >= 11 is 0. The van der Waals surface area contributed by atoms with Crippen LogP contribution >= 0.6 is 0 Å². The van der Waals surface area contributed by atoms with E-state index in [1.54, 1.807) is 0 Å². The molecule has 0 aliphatic carbocycles. The SMILES string of the molecule is O=C(c1ccc2nc(COCc3ccccc3)[nH]c2c1)N1CCOCC1. The van der Waals surface area contributed by atoms with Crippen molar-refractivity contribution in [2.24, 2.45) is 0 Å². The zero-order chi connectivity index (χ0) is 17.8. The van der Waals surface area contributed by atoms with E-state index in [0.29, 0.717) is 45.1 Å². The summed E-state index contributed by atoms with van der Waals surface area (Å²) in [5.74, 6) is 0.790. The lowest BCUT2D eigenvalue weighted by Crippen LogP contribution is -2.40. The van der Waals surface area contributed by atoms with Crippen LogP contribution in [0.15, 0.2) is 48.5 Å². The minimum absolute atomic E-state index is 0.0340. The summed E-state index contributed by atoms with van der Waals surface area (Å²) in [5, 5.41) is 0. The average molecular weight is 351 g/mol. The molecule has 0 spiro atoms. The fraction of sp³-hybridized carbons (Fsp3) is 0.300. The Morgan fingerprint density at radius 1 is 1.12 bits per heavy atom. The molecule has 0 bridgehead atoms. The van der Waals surface area contributed by atoms with Gasteiger partial charge in [0.05, 0.1) is 30.9 Å². The molecule has 1 fully saturated rings. The van der Waals surface area contributed by atoms with Crippen molar-refractivity contribution < 1.29 is 14.3 Å². The van der Waals surface area contributed by atoms with Crippen molar-refractivity contribution in [3.63, 3.8) is 0 Å². The van der Waals surface area contributed by atoms with Gasteiger partial charge < -0.3 is 19.4 Å². The molecule has 2 heterocycles. The summed E-state index contributed by atoms with van der Waals surface area (Å²) in [4.78, 5) is 22.2. The molecule has 6 heteroatoms. The van der Waals surface area contributed by atoms with E-state index in [4.69, 9.17) is 9.47 Å². The lowest BCUT2D eigenvalue weighted by atomic mass is 10.1. The molecule has 134 valence electrons. The molecule has 6 nitrogen and oxygen atoms in total. The van der Waals surface area contributed by atoms with Crippen molar-refractivity contribution in [3.8, 4) is 0 Å². The number of rotatable bonds is 5. The number of carbonyl (C=O) groups excluding carboxylic acids is 1. The van der Waals surface area contributed by atoms with Gasteiger partial charge in [0.1, 0.15) is 12.4 Å². The van der Waals surface area contributed by atoms with Crippen molar-refractivity contribution in [1.82, 2.24) is 14.9 Å². The molecule has 1 saturated heterocycles. The Morgan fingerprint density at radius 3 is 2.73 bits per heavy atom. The second-order valence-electron chi connectivity index (χ2n) is 6.30. The maximum absolute atomic E-state index is 12.6. The first-order chi connectivity index (χ1) is 12.8. The van der Waals surface area contributed by atoms with Crippen LogP contribution in [0, 0.1) is 0 Å². The van der Waals surface area contributed by atoms with E-state index in [-0.39, 0.29) is 5.91 Å². The number of benzene rings is 2. The number of nitrogens with zero attached hydrogens (tertiary/aromatic N) is 2. The van der Waals surface area contributed by atoms with E-state index in [1.807, 2.05) is 53.4 Å². The van der Waals surface area contributed by atoms with E-state index >= 15 is 0 Å². The molecule has 1 N–H and O–H groups in total. The van der Waals surface area contributed by atoms with Crippen LogP contribution in [0.3, 0.4) is 0 Å². The summed E-state index contributed by atoms with van der Waals surface area (Å²) in [7, 11) is 0. The largest absolute Gasteiger partial charge is 0.378 e. The van der Waals surface area contributed by atoms with Gasteiger partial charge in [0, 0.05) is 18.7 Å². The molecule has 3 aromatic rings. The van der Waals surface area contributed by atoms with Crippen molar-refractivity contribution in [2.45, 2.75) is 13.2 Å². The van der Waals surface area contributed by atoms with Crippen molar-refractivity contribution in [3.05, 3.63) is 65.5 Å². The Morgan fingerprint density at radius 2 is 1.92 bits per heavy atom. The number of nitrogens with one attached hydrogen (secondary N) is 1. The van der Waals surface area contributed by atoms with Gasteiger partial charge >= 0.3 is 0 Å². The van der Waals surface area contributed by atoms with Crippen molar-refractivity contribution in [1.29, 1.82) is 0 Å². The molecule has 2 aromatic carbocycles. The van der Waals surface area contributed by atoms with Crippen LogP contribution in [0.5, 0.6) is 0 Å². The van der Waals surface area contributed by atoms with E-state index in [0.717, 1.165) is 22.4 Å². The molecular formula is C20H21N3O3. The number of morpholine rings is 1. The Labute approximate surface area is 151 Å². The molecule has 1 aromatic heterocycles. The van der Waals surface area contributed by atoms with Crippen molar-refractivity contribution in [2.75, 3.05) is 26.3 Å². The molecule has 1 aliphatic rings. The first-order valence-corrected chi connectivity index (χ1v) is 8.77. The van der Waals surface area contributed by atoms with Crippen LogP contribution in [0.2, 0.25) is 0 Å². The second kappa shape index (κ2) is 7.68. The number of aromatic amines is 1. The highest BCUT2D eigenvalue weighted by atomic mass is 16.5. The first-order valence-electron chi connectivity index (χ1n) is 8.77. The summed E-state index contributed by atoms with van der Waals surface area (Å²) < 4.78 is 11.0. The minimum atomic E-state index is 0.0340. The van der Waals surface area contributed by atoms with E-state index < -0.39 is 0 Å². The molecule has 0 saturated carbocycles. The number of aromatic nitrogens is 2. The Hall–Kier alpha value is -2.70. The summed E-state index contributed by atoms with van der Waals surface area (Å²) in [6.45, 7) is 3.41. The topological polar surface area (TPSA) is 67.5 Å². The normalized spacial score (nSPS) is 14.7. The second-order valence-corrected chi connectivity index (χ2v) is 6.30. The highest BCUT2D eigenvalue weighted by molar-refractivity contribution is 5.97. The van der Waals surface area contributed by atoms with Gasteiger partial charge in [-0.15, -0.1) is 0 Å². The molecule has 0 radical (unpaired) electrons. The molecule has 1 amide bonds. The molecule has 4 rings (SSSR count). The van der Waals surface area contributed by atoms with E-state index in [2.05, 4.69) is 9.97 Å². The smallest absolute Gasteiger partial charge is 0.254 e. The maximum atomic E-state index is 12.6. The number of carbonyl (C=O) groups is 1. The van der Waals surface area contributed by atoms with Crippen LogP contribution < -0.4 is 0 Å². The van der Waals surface area contributed by atoms with Crippen LogP contribution in [-0.2, 0) is 22.7 Å². The highest BCUT2D eigenvalue weighted by Gasteiger charge is 2.19. The number of H-pyrrole nitrogens is 1. The van der Waals surface area contributed by atoms with Gasteiger partial charge in [-0.05, 0) is 23.8 Å². The zero-order valence-corrected chi connectivity index (χ0v) is 14.5. The summed E-state index contributed by atoms with van der Waals surface area (Å²) in [6.07, 6.45) is 0. The predicted octanol–water partition coefficient (Wildman–Crippen LogP) is 2.75. The lowest BCUT2D eigenvalue weighted by Gasteiger charge is -2.26. The fourth-order valence-electron chi connectivity index (χ4n) is 3.05. The number of hydrogen-bond donors (Lipinski definition) is 1. The van der Waals surface area contributed by atoms with Gasteiger partial charge in [-0.2, -0.15) is 0 Å². The average Bonchev–Trinajstić information content (AvgIpc) is 3.11. The summed E-state index contributed by atoms with van der Waals surface area (Å²) in [6, 6.07) is 15.6. The van der Waals surface area contributed by atoms with Crippen LogP contribution in [-0.4, -0.2) is 47.1 Å². The monoisotopic (exact) mass is 351 g/mol. The third-order valence-corrected chi connectivity index (χ3v) is 4.43. The number of fused-ring (bicyclic) bond motifs is 1. The van der Waals surface area contributed by atoms with Gasteiger partial charge in [-0.3, -0.25) is 4.79 Å². The van der Waals surface area contributed by atoms with E-state index in [1.165, 1.54) is 0 Å². The zero-order valence-electron chi connectivity index (χ0n) is 14.5. The quantitative estimate of drug-likeness (QED) is 0.767. The lowest BCUT2D eigenvalue weighted by molar-refractivity contribution is 0.0303. The fourth-order valence-corrected chi connectivity index (χ4v) is 3.05. The standard InChI is InChI=1S/C20H21N3O3/c24-20(23-8-10-25-11-9-23)16-6-7-17-18(12-16)22-19(21-17)14-26-13-15-4-2-1-3-5-15/h1-7,12H,8-11,13-14H2,(H,21,22). The van der Waals surface area contributed by atoms with Crippen LogP contribution in [0.25, 0.3) is 11.0 Å². The predicted molar refractivity (Wildman–Crippen MR) is 97.8 cm³/mol. The molecule has 26 heavy (non-hydrogen) atoms. The molecule has 0 atom stereocenters. The van der Waals surface area contributed by atoms with Gasteiger partial charge in [0.15, 0.2) is 0 Å². The molecular weight excluding hydrogens is 330 g/mol. The minimum Gasteiger partial charge on any atom is -0.378 e. The van der Waals surface area contributed by atoms with Gasteiger partial charge in [0.2, 0.25) is 0 Å². The van der Waals surface area contributed by atoms with Crippen LogP contribution in [0.4, 0.5) is 0 Å². The Bertz CT molecular complexity index is 886. The Balaban J connectivity index is 1.43. The number of hydrogen-bond acceptors (Lipinski definition) is 4. The molecule has 0 unspecified atom stereocenters. The van der Waals surface area contributed by atoms with Gasteiger partial charge in [0.25, 0.3) is 5.91 Å². The first kappa shape index (κ1) is 16.8. The number of imidazole rings is 1. The number of ether oxygens (including phenoxy) is 2. The maximum Gasteiger partial charge on any atom is 0.254 e. The summed E-state index contributed by atoms with van der Waals surface area (Å²) in [5.41, 5.74) is 3.48. The Kier molecular flexibility index (Phi) is 4.95. The highest BCUT2D eigenvalue weighted by Crippen LogP contribution is 2.17. The van der Waals surface area contributed by atoms with Gasteiger partial charge in [-0.25, -0.2) is 4.98 Å². The van der Waals surface area contributed by atoms with E-state index in [9.17, 15) is 4.79 Å². The van der Waals surface area contributed by atoms with Gasteiger partial charge in [-0.1, -0.05) is 30.3 Å². The third kappa shape index (κ3) is 3.76. The number of amides is 1. The van der Waals surface area contributed by atoms with Crippen molar-refractivity contribution >= 4 is 16.9 Å². The molecule has 1 aliphatic heterocycles.